The molecule has 1 fully saturated rings. The summed E-state index contributed by atoms with van der Waals surface area (Å²) in [4.78, 5) is 5.19. The summed E-state index contributed by atoms with van der Waals surface area (Å²) in [6, 6.07) is 9.71. The van der Waals surface area contributed by atoms with Crippen LogP contribution in [0.4, 0.5) is 0 Å². The van der Waals surface area contributed by atoms with Gasteiger partial charge in [-0.3, -0.25) is 0 Å². The van der Waals surface area contributed by atoms with Crippen molar-refractivity contribution in [3.8, 4) is 6.07 Å². The third-order valence-corrected chi connectivity index (χ3v) is 2.72. The van der Waals surface area contributed by atoms with Crippen molar-refractivity contribution in [2.45, 2.75) is 6.10 Å². The maximum atomic E-state index is 9.02. The summed E-state index contributed by atoms with van der Waals surface area (Å²) in [6.07, 6.45) is -0.0791. The molecule has 0 saturated carbocycles. The Morgan fingerprint density at radius 1 is 1.50 bits per heavy atom. The van der Waals surface area contributed by atoms with Crippen LogP contribution in [0.1, 0.15) is 17.2 Å². The molecule has 0 spiro atoms. The first-order valence-electron chi connectivity index (χ1n) is 5.25. The lowest BCUT2D eigenvalue weighted by Crippen LogP contribution is -2.37. The quantitative estimate of drug-likeness (QED) is 0.754. The molecule has 2 rings (SSSR count). The van der Waals surface area contributed by atoms with Gasteiger partial charge in [0.2, 0.25) is 0 Å². The zero-order valence-corrected chi connectivity index (χ0v) is 9.22. The normalized spacial score (nSPS) is 21.6. The fourth-order valence-electron chi connectivity index (χ4n) is 1.86. The summed E-state index contributed by atoms with van der Waals surface area (Å²) in [5, 5.41) is 10.9. The van der Waals surface area contributed by atoms with Crippen LogP contribution >= 0.6 is 0 Å². The number of hydroxylamine groups is 2. The summed E-state index contributed by atoms with van der Waals surface area (Å²) in [5.74, 6) is 0. The molecule has 1 aromatic carbocycles. The molecule has 0 N–H and O–H groups in total. The molecule has 16 heavy (non-hydrogen) atoms. The first-order chi connectivity index (χ1) is 7.85. The number of benzene rings is 1. The van der Waals surface area contributed by atoms with Crippen LogP contribution in [-0.2, 0) is 9.57 Å². The van der Waals surface area contributed by atoms with Crippen molar-refractivity contribution >= 4 is 0 Å². The predicted octanol–water partition coefficient (Wildman–Crippen LogP) is 1.49. The van der Waals surface area contributed by atoms with Gasteiger partial charge in [0.15, 0.2) is 0 Å². The van der Waals surface area contributed by atoms with Crippen molar-refractivity contribution in [2.75, 3.05) is 26.8 Å². The van der Waals surface area contributed by atoms with E-state index in [1.165, 1.54) is 0 Å². The van der Waals surface area contributed by atoms with Crippen molar-refractivity contribution in [1.82, 2.24) is 5.06 Å². The van der Waals surface area contributed by atoms with Crippen molar-refractivity contribution in [1.29, 1.82) is 5.26 Å². The number of rotatable bonds is 2. The molecule has 1 atom stereocenters. The lowest BCUT2D eigenvalue weighted by atomic mass is 10.0. The van der Waals surface area contributed by atoms with Crippen molar-refractivity contribution in [2.24, 2.45) is 0 Å². The second kappa shape index (κ2) is 5.08. The molecule has 1 aliphatic heterocycles. The second-order valence-electron chi connectivity index (χ2n) is 3.63. The average molecular weight is 218 g/mol. The van der Waals surface area contributed by atoms with Gasteiger partial charge < -0.3 is 9.57 Å². The topological polar surface area (TPSA) is 45.5 Å². The number of ether oxygens (including phenoxy) is 1. The molecule has 1 saturated heterocycles. The van der Waals surface area contributed by atoms with Gasteiger partial charge in [-0.05, 0) is 11.6 Å². The van der Waals surface area contributed by atoms with E-state index in [4.69, 9.17) is 14.8 Å². The summed E-state index contributed by atoms with van der Waals surface area (Å²) >= 11 is 0. The molecule has 4 nitrogen and oxygen atoms in total. The SMILES string of the molecule is CON1CCOC(c2ccccc2C#N)C1. The van der Waals surface area contributed by atoms with E-state index < -0.39 is 0 Å². The van der Waals surface area contributed by atoms with E-state index in [-0.39, 0.29) is 6.10 Å². The molecular weight excluding hydrogens is 204 g/mol. The fourth-order valence-corrected chi connectivity index (χ4v) is 1.86. The van der Waals surface area contributed by atoms with Crippen LogP contribution in [-0.4, -0.2) is 31.9 Å². The minimum atomic E-state index is -0.0791. The summed E-state index contributed by atoms with van der Waals surface area (Å²) in [7, 11) is 1.65. The van der Waals surface area contributed by atoms with Gasteiger partial charge in [0.25, 0.3) is 0 Å². The predicted molar refractivity (Wildman–Crippen MR) is 58.4 cm³/mol. The Morgan fingerprint density at radius 3 is 3.06 bits per heavy atom. The van der Waals surface area contributed by atoms with Crippen LogP contribution in [0.3, 0.4) is 0 Å². The maximum Gasteiger partial charge on any atom is 0.0995 e. The second-order valence-corrected chi connectivity index (χ2v) is 3.63. The largest absolute Gasteiger partial charge is 0.371 e. The smallest absolute Gasteiger partial charge is 0.0995 e. The van der Waals surface area contributed by atoms with E-state index >= 15 is 0 Å². The van der Waals surface area contributed by atoms with Gasteiger partial charge in [-0.1, -0.05) is 18.2 Å². The van der Waals surface area contributed by atoms with Gasteiger partial charge in [0.1, 0.15) is 0 Å². The number of morpholine rings is 1. The lowest BCUT2D eigenvalue weighted by Gasteiger charge is -2.31. The highest BCUT2D eigenvalue weighted by molar-refractivity contribution is 5.39. The molecule has 1 unspecified atom stereocenters. The van der Waals surface area contributed by atoms with E-state index in [1.54, 1.807) is 7.11 Å². The number of hydrogen-bond acceptors (Lipinski definition) is 4. The van der Waals surface area contributed by atoms with Gasteiger partial charge in [-0.25, -0.2) is 0 Å². The molecule has 0 aromatic heterocycles. The Kier molecular flexibility index (Phi) is 3.52. The van der Waals surface area contributed by atoms with Gasteiger partial charge >= 0.3 is 0 Å². The Balaban J connectivity index is 2.20. The Hall–Kier alpha value is -1.41. The number of hydrogen-bond donors (Lipinski definition) is 0. The molecule has 0 radical (unpaired) electrons. The lowest BCUT2D eigenvalue weighted by molar-refractivity contribution is -0.194. The van der Waals surface area contributed by atoms with Crippen LogP contribution in [0.2, 0.25) is 0 Å². The van der Waals surface area contributed by atoms with Crippen molar-refractivity contribution in [3.63, 3.8) is 0 Å². The highest BCUT2D eigenvalue weighted by atomic mass is 16.7. The zero-order chi connectivity index (χ0) is 11.4. The summed E-state index contributed by atoms with van der Waals surface area (Å²) in [5.41, 5.74) is 1.61. The van der Waals surface area contributed by atoms with E-state index in [0.29, 0.717) is 18.7 Å². The molecular formula is C12H14N2O2. The molecule has 0 amide bonds. The van der Waals surface area contributed by atoms with Crippen LogP contribution in [0.25, 0.3) is 0 Å². The molecule has 0 bridgehead atoms. The first kappa shape index (κ1) is 11.1. The molecule has 0 aliphatic carbocycles. The molecule has 1 aromatic rings. The third-order valence-electron chi connectivity index (χ3n) is 2.72. The van der Waals surface area contributed by atoms with Crippen LogP contribution in [0, 0.1) is 11.3 Å². The fraction of sp³-hybridized carbons (Fsp3) is 0.417. The average Bonchev–Trinajstić information content (AvgIpc) is 2.38. The third kappa shape index (κ3) is 2.22. The van der Waals surface area contributed by atoms with E-state index in [2.05, 4.69) is 6.07 Å². The highest BCUT2D eigenvalue weighted by Crippen LogP contribution is 2.24. The number of nitrogens with zero attached hydrogens (tertiary/aromatic N) is 2. The minimum Gasteiger partial charge on any atom is -0.371 e. The first-order valence-corrected chi connectivity index (χ1v) is 5.25. The van der Waals surface area contributed by atoms with Gasteiger partial charge in [0, 0.05) is 6.54 Å². The molecule has 84 valence electrons. The molecule has 1 aliphatic rings. The van der Waals surface area contributed by atoms with Crippen LogP contribution < -0.4 is 0 Å². The highest BCUT2D eigenvalue weighted by Gasteiger charge is 2.23. The van der Waals surface area contributed by atoms with Crippen LogP contribution in [0.5, 0.6) is 0 Å². The summed E-state index contributed by atoms with van der Waals surface area (Å²) < 4.78 is 5.67. The van der Waals surface area contributed by atoms with Crippen molar-refractivity contribution < 1.29 is 9.57 Å². The van der Waals surface area contributed by atoms with E-state index in [9.17, 15) is 0 Å². The Bertz CT molecular complexity index is 400. The van der Waals surface area contributed by atoms with Gasteiger partial charge in [-0.2, -0.15) is 10.3 Å². The van der Waals surface area contributed by atoms with Crippen LogP contribution in [0.15, 0.2) is 24.3 Å². The maximum absolute atomic E-state index is 9.02. The monoisotopic (exact) mass is 218 g/mol. The Morgan fingerprint density at radius 2 is 2.31 bits per heavy atom. The van der Waals surface area contributed by atoms with Gasteiger partial charge in [0.05, 0.1) is 38.0 Å². The molecule has 4 heteroatoms. The zero-order valence-electron chi connectivity index (χ0n) is 9.22. The standard InChI is InChI=1S/C12H14N2O2/c1-15-14-6-7-16-12(9-14)11-5-3-2-4-10(11)8-13/h2-5,12H,6-7,9H2,1H3. The van der Waals surface area contributed by atoms with Gasteiger partial charge in [-0.15, -0.1) is 0 Å². The Labute approximate surface area is 94.9 Å². The minimum absolute atomic E-state index is 0.0791. The van der Waals surface area contributed by atoms with E-state index in [0.717, 1.165) is 12.1 Å². The number of nitriles is 1. The molecule has 1 heterocycles. The van der Waals surface area contributed by atoms with E-state index in [1.807, 2.05) is 29.3 Å². The van der Waals surface area contributed by atoms with Crippen molar-refractivity contribution in [3.05, 3.63) is 35.4 Å². The summed E-state index contributed by atoms with van der Waals surface area (Å²) in [6.45, 7) is 2.05.